The highest BCUT2D eigenvalue weighted by atomic mass is 16.5. The molecule has 0 aliphatic carbocycles. The first-order valence-corrected chi connectivity index (χ1v) is 5.33. The van der Waals surface area contributed by atoms with Crippen LogP contribution >= 0.6 is 0 Å². The Bertz CT molecular complexity index is 255. The van der Waals surface area contributed by atoms with Gasteiger partial charge in [0.25, 0.3) is 0 Å². The summed E-state index contributed by atoms with van der Waals surface area (Å²) in [6.07, 6.45) is 1.30. The first-order valence-electron chi connectivity index (χ1n) is 5.33. The fraction of sp³-hybridized carbons (Fsp3) is 0.818. The maximum absolute atomic E-state index is 11.5. The van der Waals surface area contributed by atoms with Crippen LogP contribution in [0.25, 0.3) is 0 Å². The Morgan fingerprint density at radius 2 is 2.20 bits per heavy atom. The normalized spacial score (nSPS) is 21.3. The zero-order valence-corrected chi connectivity index (χ0v) is 9.63. The summed E-state index contributed by atoms with van der Waals surface area (Å²) < 4.78 is 4.84. The summed E-state index contributed by atoms with van der Waals surface area (Å²) >= 11 is 0. The maximum Gasteiger partial charge on any atom is 0.306 e. The third kappa shape index (κ3) is 3.90. The molecule has 1 N–H and O–H groups in total. The largest absolute Gasteiger partial charge is 0.465 e. The lowest BCUT2D eigenvalue weighted by Crippen LogP contribution is -2.35. The Kier molecular flexibility index (Phi) is 3.72. The van der Waals surface area contributed by atoms with Crippen LogP contribution in [0.3, 0.4) is 0 Å². The third-order valence-corrected chi connectivity index (χ3v) is 2.45. The van der Waals surface area contributed by atoms with E-state index in [1.54, 1.807) is 0 Å². The van der Waals surface area contributed by atoms with Crippen molar-refractivity contribution >= 4 is 11.9 Å². The van der Waals surface area contributed by atoms with Crippen LogP contribution in [0.5, 0.6) is 0 Å². The second-order valence-corrected chi connectivity index (χ2v) is 5.05. The van der Waals surface area contributed by atoms with E-state index in [9.17, 15) is 9.59 Å². The first-order chi connectivity index (χ1) is 6.89. The number of amides is 1. The van der Waals surface area contributed by atoms with Crippen molar-refractivity contribution in [2.75, 3.05) is 13.2 Å². The van der Waals surface area contributed by atoms with Gasteiger partial charge >= 0.3 is 5.97 Å². The molecule has 86 valence electrons. The van der Waals surface area contributed by atoms with Crippen molar-refractivity contribution in [2.24, 2.45) is 11.3 Å². The molecule has 0 aromatic heterocycles. The lowest BCUT2D eigenvalue weighted by molar-refractivity contribution is -0.138. The molecule has 1 atom stereocenters. The molecule has 1 heterocycles. The van der Waals surface area contributed by atoms with Crippen LogP contribution in [0.1, 0.15) is 33.6 Å². The molecule has 1 aliphatic rings. The van der Waals surface area contributed by atoms with Gasteiger partial charge < -0.3 is 10.1 Å². The minimum atomic E-state index is -0.345. The summed E-state index contributed by atoms with van der Waals surface area (Å²) in [6.45, 7) is 6.77. The first kappa shape index (κ1) is 12.0. The van der Waals surface area contributed by atoms with E-state index < -0.39 is 0 Å². The maximum atomic E-state index is 11.5. The molecule has 0 aromatic rings. The molecule has 0 radical (unpaired) electrons. The topological polar surface area (TPSA) is 55.4 Å². The Morgan fingerprint density at radius 3 is 2.67 bits per heavy atom. The monoisotopic (exact) mass is 213 g/mol. The number of carbonyl (C=O) groups is 2. The number of cyclic esters (lactones) is 1. The zero-order chi connectivity index (χ0) is 11.5. The van der Waals surface area contributed by atoms with E-state index >= 15 is 0 Å². The summed E-state index contributed by atoms with van der Waals surface area (Å²) in [5, 5.41) is 2.86. The van der Waals surface area contributed by atoms with Crippen molar-refractivity contribution in [1.29, 1.82) is 0 Å². The van der Waals surface area contributed by atoms with Crippen molar-refractivity contribution in [3.8, 4) is 0 Å². The lowest BCUT2D eigenvalue weighted by atomic mass is 9.95. The zero-order valence-electron chi connectivity index (χ0n) is 9.63. The van der Waals surface area contributed by atoms with Crippen LogP contribution < -0.4 is 5.32 Å². The molecule has 0 aromatic carbocycles. The average molecular weight is 213 g/mol. The molecule has 0 spiro atoms. The third-order valence-electron chi connectivity index (χ3n) is 2.45. The van der Waals surface area contributed by atoms with Gasteiger partial charge in [-0.3, -0.25) is 9.59 Å². The standard InChI is InChI=1S/C11H19NO3/c1-11(2,3)10(14)12-5-4-8-6-9(13)15-7-8/h8H,4-7H2,1-3H3,(H,12,14). The second kappa shape index (κ2) is 4.64. The van der Waals surface area contributed by atoms with E-state index in [-0.39, 0.29) is 23.2 Å². The molecular weight excluding hydrogens is 194 g/mol. The average Bonchev–Trinajstić information content (AvgIpc) is 2.49. The minimum absolute atomic E-state index is 0.0488. The van der Waals surface area contributed by atoms with Gasteiger partial charge in [0.2, 0.25) is 5.91 Å². The van der Waals surface area contributed by atoms with E-state index in [4.69, 9.17) is 4.74 Å². The molecule has 1 aliphatic heterocycles. The van der Waals surface area contributed by atoms with Gasteiger partial charge in [0.1, 0.15) is 0 Å². The number of hydrogen-bond donors (Lipinski definition) is 1. The van der Waals surface area contributed by atoms with Gasteiger partial charge in [-0.2, -0.15) is 0 Å². The SMILES string of the molecule is CC(C)(C)C(=O)NCCC1COC(=O)C1. The fourth-order valence-electron chi connectivity index (χ4n) is 1.40. The highest BCUT2D eigenvalue weighted by Gasteiger charge is 2.24. The van der Waals surface area contributed by atoms with Crippen LogP contribution in [0, 0.1) is 11.3 Å². The van der Waals surface area contributed by atoms with Crippen molar-refractivity contribution < 1.29 is 14.3 Å². The molecular formula is C11H19NO3. The predicted molar refractivity (Wildman–Crippen MR) is 56.1 cm³/mol. The number of nitrogens with one attached hydrogen (secondary N) is 1. The molecule has 1 fully saturated rings. The van der Waals surface area contributed by atoms with Crippen LogP contribution in [0.4, 0.5) is 0 Å². The van der Waals surface area contributed by atoms with Crippen molar-refractivity contribution in [3.05, 3.63) is 0 Å². The van der Waals surface area contributed by atoms with Crippen LogP contribution in [0.2, 0.25) is 0 Å². The van der Waals surface area contributed by atoms with Crippen LogP contribution in [-0.4, -0.2) is 25.0 Å². The Hall–Kier alpha value is -1.06. The fourth-order valence-corrected chi connectivity index (χ4v) is 1.40. The van der Waals surface area contributed by atoms with Crippen molar-refractivity contribution in [1.82, 2.24) is 5.32 Å². The number of rotatable bonds is 3. The molecule has 1 unspecified atom stereocenters. The van der Waals surface area contributed by atoms with Gasteiger partial charge in [0.05, 0.1) is 13.0 Å². The van der Waals surface area contributed by atoms with Gasteiger partial charge in [-0.05, 0) is 6.42 Å². The van der Waals surface area contributed by atoms with Gasteiger partial charge in [-0.15, -0.1) is 0 Å². The lowest BCUT2D eigenvalue weighted by Gasteiger charge is -2.18. The van der Waals surface area contributed by atoms with Crippen LogP contribution in [0.15, 0.2) is 0 Å². The van der Waals surface area contributed by atoms with E-state index in [1.165, 1.54) is 0 Å². The van der Waals surface area contributed by atoms with E-state index in [0.29, 0.717) is 19.6 Å². The number of carbonyl (C=O) groups excluding carboxylic acids is 2. The quantitative estimate of drug-likeness (QED) is 0.714. The summed E-state index contributed by atoms with van der Waals surface area (Å²) in [6, 6.07) is 0. The number of hydrogen-bond acceptors (Lipinski definition) is 3. The molecule has 4 nitrogen and oxygen atoms in total. The summed E-state index contributed by atoms with van der Waals surface area (Å²) in [4.78, 5) is 22.3. The van der Waals surface area contributed by atoms with Crippen molar-refractivity contribution in [2.45, 2.75) is 33.6 Å². The molecule has 1 amide bonds. The minimum Gasteiger partial charge on any atom is -0.465 e. The summed E-state index contributed by atoms with van der Waals surface area (Å²) in [5.41, 5.74) is -0.345. The van der Waals surface area contributed by atoms with Gasteiger partial charge in [0, 0.05) is 17.9 Å². The molecule has 0 bridgehead atoms. The molecule has 0 saturated carbocycles. The van der Waals surface area contributed by atoms with Gasteiger partial charge in [-0.25, -0.2) is 0 Å². The molecule has 1 rings (SSSR count). The van der Waals surface area contributed by atoms with E-state index in [1.807, 2.05) is 20.8 Å². The highest BCUT2D eigenvalue weighted by molar-refractivity contribution is 5.81. The van der Waals surface area contributed by atoms with Crippen molar-refractivity contribution in [3.63, 3.8) is 0 Å². The predicted octanol–water partition coefficient (Wildman–Crippen LogP) is 1.10. The van der Waals surface area contributed by atoms with Crippen LogP contribution in [-0.2, 0) is 14.3 Å². The highest BCUT2D eigenvalue weighted by Crippen LogP contribution is 2.17. The summed E-state index contributed by atoms with van der Waals surface area (Å²) in [7, 11) is 0. The molecule has 1 saturated heterocycles. The van der Waals surface area contributed by atoms with Gasteiger partial charge in [-0.1, -0.05) is 20.8 Å². The van der Waals surface area contributed by atoms with E-state index in [0.717, 1.165) is 6.42 Å². The molecule has 4 heteroatoms. The Morgan fingerprint density at radius 1 is 1.53 bits per heavy atom. The number of ether oxygens (including phenoxy) is 1. The second-order valence-electron chi connectivity index (χ2n) is 5.05. The molecule has 15 heavy (non-hydrogen) atoms. The smallest absolute Gasteiger partial charge is 0.306 e. The Balaban J connectivity index is 2.17. The summed E-state index contributed by atoms with van der Waals surface area (Å²) in [5.74, 6) is 0.202. The number of esters is 1. The van der Waals surface area contributed by atoms with Gasteiger partial charge in [0.15, 0.2) is 0 Å². The van der Waals surface area contributed by atoms with E-state index in [2.05, 4.69) is 5.32 Å². The Labute approximate surface area is 90.4 Å².